The summed E-state index contributed by atoms with van der Waals surface area (Å²) in [6.45, 7) is 2.57. The third kappa shape index (κ3) is 3.65. The van der Waals surface area contributed by atoms with E-state index >= 15 is 0 Å². The van der Waals surface area contributed by atoms with Gasteiger partial charge >= 0.3 is 0 Å². The number of carbonyl (C=O) groups excluding carboxylic acids is 1. The Labute approximate surface area is 145 Å². The molecule has 3 rings (SSSR count). The molecule has 1 amide bonds. The van der Waals surface area contributed by atoms with Crippen LogP contribution in [0.3, 0.4) is 0 Å². The Morgan fingerprint density at radius 1 is 1.17 bits per heavy atom. The number of rotatable bonds is 5. The molecular formula is C18H18N4OS. The molecule has 0 radical (unpaired) electrons. The van der Waals surface area contributed by atoms with E-state index in [1.54, 1.807) is 41.2 Å². The predicted molar refractivity (Wildman–Crippen MR) is 95.0 cm³/mol. The first-order chi connectivity index (χ1) is 11.6. The zero-order valence-corrected chi connectivity index (χ0v) is 14.5. The Bertz CT molecular complexity index is 815. The van der Waals surface area contributed by atoms with Crippen LogP contribution in [0.4, 0.5) is 0 Å². The molecule has 3 aromatic rings. The second kappa shape index (κ2) is 7.31. The minimum Gasteiger partial charge on any atom is -0.341 e. The zero-order valence-electron chi connectivity index (χ0n) is 13.6. The largest absolute Gasteiger partial charge is 0.341 e. The lowest BCUT2D eigenvalue weighted by Gasteiger charge is -2.16. The van der Waals surface area contributed by atoms with E-state index in [1.165, 1.54) is 0 Å². The highest BCUT2D eigenvalue weighted by Gasteiger charge is 2.13. The van der Waals surface area contributed by atoms with Crippen LogP contribution in [-0.4, -0.2) is 39.4 Å². The number of likely N-dealkylation sites (N-methyl/N-ethyl adjacent to an activating group) is 1. The lowest BCUT2D eigenvalue weighted by atomic mass is 10.2. The highest BCUT2D eigenvalue weighted by Crippen LogP contribution is 2.25. The summed E-state index contributed by atoms with van der Waals surface area (Å²) in [5, 5.41) is 0. The first kappa shape index (κ1) is 16.3. The number of thiazole rings is 1. The van der Waals surface area contributed by atoms with Crippen molar-refractivity contribution in [1.82, 2.24) is 19.9 Å². The summed E-state index contributed by atoms with van der Waals surface area (Å²) in [6, 6.07) is 9.50. The molecule has 0 aliphatic heterocycles. The minimum absolute atomic E-state index is 0.0361. The van der Waals surface area contributed by atoms with E-state index in [0.29, 0.717) is 12.1 Å². The number of nitrogens with zero attached hydrogens (tertiary/aromatic N) is 4. The molecule has 5 nitrogen and oxygen atoms in total. The lowest BCUT2D eigenvalue weighted by Crippen LogP contribution is -2.29. The van der Waals surface area contributed by atoms with E-state index in [1.807, 2.05) is 37.3 Å². The Hall–Kier alpha value is -2.60. The van der Waals surface area contributed by atoms with Crippen molar-refractivity contribution < 1.29 is 4.79 Å². The van der Waals surface area contributed by atoms with Crippen molar-refractivity contribution in [2.45, 2.75) is 13.3 Å². The molecule has 0 fully saturated rings. The van der Waals surface area contributed by atoms with Crippen molar-refractivity contribution in [3.05, 3.63) is 65.2 Å². The first-order valence-corrected chi connectivity index (χ1v) is 8.55. The maximum Gasteiger partial charge on any atom is 0.255 e. The summed E-state index contributed by atoms with van der Waals surface area (Å²) < 4.78 is 0. The molecule has 0 N–H and O–H groups in total. The standard InChI is InChI=1S/C18H18N4OS/c1-13-17(24-12-21-13)16-7-6-14(11-20-16)18(23)22(2)10-8-15-5-3-4-9-19-15/h3-7,9,11-12H,8,10H2,1-2H3. The van der Waals surface area contributed by atoms with Crippen LogP contribution in [0.2, 0.25) is 0 Å². The van der Waals surface area contributed by atoms with Gasteiger partial charge in [0.1, 0.15) is 0 Å². The van der Waals surface area contributed by atoms with Crippen LogP contribution in [-0.2, 0) is 6.42 Å². The molecule has 0 aliphatic carbocycles. The number of amides is 1. The maximum atomic E-state index is 12.5. The second-order valence-electron chi connectivity index (χ2n) is 5.50. The second-order valence-corrected chi connectivity index (χ2v) is 6.35. The van der Waals surface area contributed by atoms with Gasteiger partial charge in [0.2, 0.25) is 0 Å². The minimum atomic E-state index is -0.0361. The number of hydrogen-bond donors (Lipinski definition) is 0. The highest BCUT2D eigenvalue weighted by molar-refractivity contribution is 7.13. The fourth-order valence-electron chi connectivity index (χ4n) is 2.35. The first-order valence-electron chi connectivity index (χ1n) is 7.67. The summed E-state index contributed by atoms with van der Waals surface area (Å²) in [5.74, 6) is -0.0361. The Balaban J connectivity index is 1.65. The number of aryl methyl sites for hydroxylation is 1. The van der Waals surface area contributed by atoms with Crippen molar-refractivity contribution in [3.8, 4) is 10.6 Å². The molecule has 0 atom stereocenters. The number of pyridine rings is 2. The normalized spacial score (nSPS) is 10.6. The summed E-state index contributed by atoms with van der Waals surface area (Å²) in [4.78, 5) is 28.1. The van der Waals surface area contributed by atoms with Gasteiger partial charge in [0.15, 0.2) is 0 Å². The fraction of sp³-hybridized carbons (Fsp3) is 0.222. The monoisotopic (exact) mass is 338 g/mol. The van der Waals surface area contributed by atoms with Crippen LogP contribution < -0.4 is 0 Å². The van der Waals surface area contributed by atoms with Gasteiger partial charge in [-0.1, -0.05) is 6.07 Å². The van der Waals surface area contributed by atoms with Crippen molar-refractivity contribution in [1.29, 1.82) is 0 Å². The maximum absolute atomic E-state index is 12.5. The molecule has 3 heterocycles. The van der Waals surface area contributed by atoms with Gasteiger partial charge in [-0.15, -0.1) is 11.3 Å². The molecule has 24 heavy (non-hydrogen) atoms. The van der Waals surface area contributed by atoms with Crippen LogP contribution >= 0.6 is 11.3 Å². The molecule has 0 spiro atoms. The van der Waals surface area contributed by atoms with Crippen LogP contribution in [0.25, 0.3) is 10.6 Å². The molecule has 0 saturated carbocycles. The average Bonchev–Trinajstić information content (AvgIpc) is 3.06. The third-order valence-corrected chi connectivity index (χ3v) is 4.72. The summed E-state index contributed by atoms with van der Waals surface area (Å²) in [6.07, 6.45) is 4.13. The van der Waals surface area contributed by atoms with Gasteiger partial charge in [0.25, 0.3) is 5.91 Å². The lowest BCUT2D eigenvalue weighted by molar-refractivity contribution is 0.0796. The third-order valence-electron chi connectivity index (χ3n) is 3.76. The van der Waals surface area contributed by atoms with Gasteiger partial charge in [-0.2, -0.15) is 0 Å². The van der Waals surface area contributed by atoms with Crippen LogP contribution in [0.15, 0.2) is 48.2 Å². The van der Waals surface area contributed by atoms with Gasteiger partial charge in [-0.05, 0) is 31.2 Å². The van der Waals surface area contributed by atoms with Crippen LogP contribution in [0.5, 0.6) is 0 Å². The summed E-state index contributed by atoms with van der Waals surface area (Å²) in [7, 11) is 1.80. The number of hydrogen-bond acceptors (Lipinski definition) is 5. The smallest absolute Gasteiger partial charge is 0.255 e. The average molecular weight is 338 g/mol. The Morgan fingerprint density at radius 3 is 2.67 bits per heavy atom. The zero-order chi connectivity index (χ0) is 16.9. The van der Waals surface area contributed by atoms with E-state index in [9.17, 15) is 4.79 Å². The highest BCUT2D eigenvalue weighted by atomic mass is 32.1. The van der Waals surface area contributed by atoms with Gasteiger partial charge in [0, 0.05) is 38.1 Å². The van der Waals surface area contributed by atoms with Gasteiger partial charge < -0.3 is 4.90 Å². The van der Waals surface area contributed by atoms with Crippen LogP contribution in [0, 0.1) is 6.92 Å². The molecular weight excluding hydrogens is 320 g/mol. The van der Waals surface area contributed by atoms with E-state index in [2.05, 4.69) is 15.0 Å². The Morgan fingerprint density at radius 2 is 2.04 bits per heavy atom. The molecule has 0 bridgehead atoms. The molecule has 6 heteroatoms. The molecule has 3 aromatic heterocycles. The van der Waals surface area contributed by atoms with Gasteiger partial charge in [-0.25, -0.2) is 4.98 Å². The fourth-order valence-corrected chi connectivity index (χ4v) is 3.13. The van der Waals surface area contributed by atoms with E-state index in [4.69, 9.17) is 0 Å². The quantitative estimate of drug-likeness (QED) is 0.717. The Kier molecular flexibility index (Phi) is 4.96. The summed E-state index contributed by atoms with van der Waals surface area (Å²) in [5.41, 5.74) is 5.18. The van der Waals surface area contributed by atoms with Crippen molar-refractivity contribution >= 4 is 17.2 Å². The molecule has 0 unspecified atom stereocenters. The molecule has 0 aromatic carbocycles. The van der Waals surface area contributed by atoms with Crippen molar-refractivity contribution in [2.24, 2.45) is 0 Å². The van der Waals surface area contributed by atoms with E-state index < -0.39 is 0 Å². The number of carbonyl (C=O) groups is 1. The van der Waals surface area contributed by atoms with Crippen molar-refractivity contribution in [3.63, 3.8) is 0 Å². The predicted octanol–water partition coefficient (Wildman–Crippen LogP) is 3.22. The number of aromatic nitrogens is 3. The molecule has 122 valence electrons. The summed E-state index contributed by atoms with van der Waals surface area (Å²) >= 11 is 1.55. The van der Waals surface area contributed by atoms with Crippen LogP contribution in [0.1, 0.15) is 21.7 Å². The van der Waals surface area contributed by atoms with E-state index in [-0.39, 0.29) is 5.91 Å². The molecule has 0 saturated heterocycles. The van der Waals surface area contributed by atoms with Crippen molar-refractivity contribution in [2.75, 3.05) is 13.6 Å². The SMILES string of the molecule is Cc1ncsc1-c1ccc(C(=O)N(C)CCc2ccccn2)cn1. The van der Waals surface area contributed by atoms with Gasteiger partial charge in [0.05, 0.1) is 27.3 Å². The van der Waals surface area contributed by atoms with Gasteiger partial charge in [-0.3, -0.25) is 14.8 Å². The topological polar surface area (TPSA) is 59.0 Å². The van der Waals surface area contributed by atoms with E-state index in [0.717, 1.165) is 28.4 Å². The molecule has 0 aliphatic rings.